The Morgan fingerprint density at radius 3 is 2.44 bits per heavy atom. The molecule has 3 nitrogen and oxygen atoms in total. The van der Waals surface area contributed by atoms with E-state index in [1.54, 1.807) is 7.11 Å². The Morgan fingerprint density at radius 1 is 1.25 bits per heavy atom. The van der Waals surface area contributed by atoms with Crippen LogP contribution in [-0.4, -0.2) is 31.0 Å². The summed E-state index contributed by atoms with van der Waals surface area (Å²) in [5, 5.41) is 0. The zero-order valence-corrected chi connectivity index (χ0v) is 9.61. The van der Waals surface area contributed by atoms with Crippen LogP contribution in [0.4, 0.5) is 0 Å². The van der Waals surface area contributed by atoms with Crippen LogP contribution in [0.25, 0.3) is 0 Å². The first-order valence-electron chi connectivity index (χ1n) is 5.70. The Kier molecular flexibility index (Phi) is 3.44. The van der Waals surface area contributed by atoms with Gasteiger partial charge in [-0.2, -0.15) is 0 Å². The van der Waals surface area contributed by atoms with Crippen LogP contribution in [0.1, 0.15) is 18.4 Å². The second kappa shape index (κ2) is 5.01. The molecular formula is C13H17NO2. The van der Waals surface area contributed by atoms with E-state index in [9.17, 15) is 4.79 Å². The molecule has 1 saturated heterocycles. The van der Waals surface area contributed by atoms with Crippen LogP contribution in [0.15, 0.2) is 24.3 Å². The lowest BCUT2D eigenvalue weighted by Crippen LogP contribution is -2.28. The van der Waals surface area contributed by atoms with Crippen molar-refractivity contribution in [1.29, 1.82) is 0 Å². The number of ether oxygens (including phenoxy) is 1. The average molecular weight is 219 g/mol. The van der Waals surface area contributed by atoms with Crippen LogP contribution in [0, 0.1) is 0 Å². The zero-order chi connectivity index (χ0) is 11.4. The number of methoxy groups -OCH3 is 1. The monoisotopic (exact) mass is 219 g/mol. The standard InChI is InChI=1S/C13H17NO2/c1-16-12-6-4-11(5-7-12)10-13(15)14-8-2-3-9-14/h4-7H,2-3,8-10H2,1H3. The van der Waals surface area contributed by atoms with E-state index < -0.39 is 0 Å². The highest BCUT2D eigenvalue weighted by Gasteiger charge is 2.17. The lowest BCUT2D eigenvalue weighted by molar-refractivity contribution is -0.129. The first-order chi connectivity index (χ1) is 7.79. The van der Waals surface area contributed by atoms with E-state index in [-0.39, 0.29) is 5.91 Å². The van der Waals surface area contributed by atoms with Gasteiger partial charge >= 0.3 is 0 Å². The number of benzene rings is 1. The highest BCUT2D eigenvalue weighted by Crippen LogP contribution is 2.14. The van der Waals surface area contributed by atoms with E-state index in [0.29, 0.717) is 6.42 Å². The van der Waals surface area contributed by atoms with Gasteiger partial charge < -0.3 is 9.64 Å². The van der Waals surface area contributed by atoms with Crippen molar-refractivity contribution in [2.24, 2.45) is 0 Å². The number of hydrogen-bond acceptors (Lipinski definition) is 2. The SMILES string of the molecule is COc1ccc(CC(=O)N2CCCC2)cc1. The van der Waals surface area contributed by atoms with E-state index in [2.05, 4.69) is 0 Å². The minimum Gasteiger partial charge on any atom is -0.497 e. The molecule has 2 rings (SSSR count). The summed E-state index contributed by atoms with van der Waals surface area (Å²) in [6.07, 6.45) is 2.80. The molecule has 0 N–H and O–H groups in total. The summed E-state index contributed by atoms with van der Waals surface area (Å²) in [5.41, 5.74) is 1.05. The third-order valence-electron chi connectivity index (χ3n) is 2.97. The molecular weight excluding hydrogens is 202 g/mol. The fraction of sp³-hybridized carbons (Fsp3) is 0.462. The maximum Gasteiger partial charge on any atom is 0.226 e. The lowest BCUT2D eigenvalue weighted by Gasteiger charge is -2.15. The van der Waals surface area contributed by atoms with Gasteiger partial charge in [-0.3, -0.25) is 4.79 Å². The Balaban J connectivity index is 1.94. The van der Waals surface area contributed by atoms with E-state index >= 15 is 0 Å². The topological polar surface area (TPSA) is 29.5 Å². The number of hydrogen-bond donors (Lipinski definition) is 0. The average Bonchev–Trinajstić information content (AvgIpc) is 2.83. The molecule has 1 fully saturated rings. The Morgan fingerprint density at radius 2 is 1.88 bits per heavy atom. The summed E-state index contributed by atoms with van der Waals surface area (Å²) in [7, 11) is 1.64. The van der Waals surface area contributed by atoms with E-state index in [4.69, 9.17) is 4.74 Å². The number of likely N-dealkylation sites (tertiary alicyclic amines) is 1. The number of rotatable bonds is 3. The summed E-state index contributed by atoms with van der Waals surface area (Å²) < 4.78 is 5.08. The summed E-state index contributed by atoms with van der Waals surface area (Å²) in [5.74, 6) is 1.07. The fourth-order valence-electron chi connectivity index (χ4n) is 2.00. The van der Waals surface area contributed by atoms with Gasteiger partial charge in [0.05, 0.1) is 13.5 Å². The highest BCUT2D eigenvalue weighted by atomic mass is 16.5. The molecule has 3 heteroatoms. The molecule has 0 aromatic heterocycles. The van der Waals surface area contributed by atoms with Gasteiger partial charge in [0, 0.05) is 13.1 Å². The van der Waals surface area contributed by atoms with Crippen LogP contribution >= 0.6 is 0 Å². The van der Waals surface area contributed by atoms with Crippen molar-refractivity contribution in [3.8, 4) is 5.75 Å². The van der Waals surface area contributed by atoms with E-state index in [1.807, 2.05) is 29.2 Å². The Labute approximate surface area is 96.0 Å². The van der Waals surface area contributed by atoms with Crippen molar-refractivity contribution in [2.75, 3.05) is 20.2 Å². The zero-order valence-electron chi connectivity index (χ0n) is 9.61. The van der Waals surface area contributed by atoms with Crippen molar-refractivity contribution < 1.29 is 9.53 Å². The molecule has 0 spiro atoms. The van der Waals surface area contributed by atoms with E-state index in [1.165, 1.54) is 0 Å². The number of carbonyl (C=O) groups excluding carboxylic acids is 1. The molecule has 0 atom stereocenters. The van der Waals surface area contributed by atoms with Gasteiger partial charge in [0.2, 0.25) is 5.91 Å². The van der Waals surface area contributed by atoms with E-state index in [0.717, 1.165) is 37.2 Å². The van der Waals surface area contributed by atoms with Gasteiger partial charge in [-0.15, -0.1) is 0 Å². The molecule has 86 valence electrons. The largest absolute Gasteiger partial charge is 0.497 e. The second-order valence-corrected chi connectivity index (χ2v) is 4.11. The van der Waals surface area contributed by atoms with Crippen LogP contribution in [0.3, 0.4) is 0 Å². The summed E-state index contributed by atoms with van der Waals surface area (Å²) >= 11 is 0. The van der Waals surface area contributed by atoms with Gasteiger partial charge in [0.25, 0.3) is 0 Å². The van der Waals surface area contributed by atoms with Crippen molar-refractivity contribution in [1.82, 2.24) is 4.90 Å². The molecule has 0 radical (unpaired) electrons. The van der Waals surface area contributed by atoms with Gasteiger partial charge in [0.15, 0.2) is 0 Å². The molecule has 0 unspecified atom stereocenters. The normalized spacial score (nSPS) is 15.2. The van der Waals surface area contributed by atoms with Crippen molar-refractivity contribution in [3.63, 3.8) is 0 Å². The van der Waals surface area contributed by atoms with Gasteiger partial charge in [0.1, 0.15) is 5.75 Å². The fourth-order valence-corrected chi connectivity index (χ4v) is 2.00. The first-order valence-corrected chi connectivity index (χ1v) is 5.70. The predicted octanol–water partition coefficient (Wildman–Crippen LogP) is 1.86. The molecule has 1 aromatic rings. The number of amides is 1. The molecule has 1 aliphatic heterocycles. The summed E-state index contributed by atoms with van der Waals surface area (Å²) in [6, 6.07) is 7.69. The molecule has 1 heterocycles. The van der Waals surface area contributed by atoms with Crippen molar-refractivity contribution in [2.45, 2.75) is 19.3 Å². The van der Waals surface area contributed by atoms with Crippen LogP contribution in [0.2, 0.25) is 0 Å². The third-order valence-corrected chi connectivity index (χ3v) is 2.97. The minimum atomic E-state index is 0.239. The lowest BCUT2D eigenvalue weighted by atomic mass is 10.1. The quantitative estimate of drug-likeness (QED) is 0.776. The molecule has 1 aliphatic rings. The molecule has 16 heavy (non-hydrogen) atoms. The van der Waals surface area contributed by atoms with Crippen molar-refractivity contribution in [3.05, 3.63) is 29.8 Å². The maximum atomic E-state index is 11.9. The molecule has 0 aliphatic carbocycles. The minimum absolute atomic E-state index is 0.239. The Bertz CT molecular complexity index is 353. The van der Waals surface area contributed by atoms with Gasteiger partial charge in [-0.05, 0) is 30.5 Å². The molecule has 0 bridgehead atoms. The molecule has 0 saturated carbocycles. The summed E-state index contributed by atoms with van der Waals surface area (Å²) in [4.78, 5) is 13.8. The van der Waals surface area contributed by atoms with Crippen molar-refractivity contribution >= 4 is 5.91 Å². The van der Waals surface area contributed by atoms with Crippen LogP contribution in [-0.2, 0) is 11.2 Å². The summed E-state index contributed by atoms with van der Waals surface area (Å²) in [6.45, 7) is 1.85. The Hall–Kier alpha value is -1.51. The van der Waals surface area contributed by atoms with Crippen LogP contribution in [0.5, 0.6) is 5.75 Å². The number of nitrogens with zero attached hydrogens (tertiary/aromatic N) is 1. The highest BCUT2D eigenvalue weighted by molar-refractivity contribution is 5.79. The first kappa shape index (κ1) is 11.0. The third kappa shape index (κ3) is 2.54. The molecule has 1 amide bonds. The van der Waals surface area contributed by atoms with Gasteiger partial charge in [-0.1, -0.05) is 12.1 Å². The smallest absolute Gasteiger partial charge is 0.226 e. The molecule has 1 aromatic carbocycles. The predicted molar refractivity (Wildman–Crippen MR) is 62.5 cm³/mol. The number of carbonyl (C=O) groups is 1. The van der Waals surface area contributed by atoms with Gasteiger partial charge in [-0.25, -0.2) is 0 Å². The maximum absolute atomic E-state index is 11.9. The second-order valence-electron chi connectivity index (χ2n) is 4.11. The van der Waals surface area contributed by atoms with Crippen LogP contribution < -0.4 is 4.74 Å².